The Morgan fingerprint density at radius 1 is 1.22 bits per heavy atom. The lowest BCUT2D eigenvalue weighted by Crippen LogP contribution is -2.38. The smallest absolute Gasteiger partial charge is 0.410 e. The van der Waals surface area contributed by atoms with Crippen LogP contribution in [0.25, 0.3) is 5.70 Å². The van der Waals surface area contributed by atoms with Gasteiger partial charge in [-0.2, -0.15) is 11.2 Å². The maximum Gasteiger partial charge on any atom is 0.410 e. The first-order valence-corrected chi connectivity index (χ1v) is 11.9. The molecule has 1 aliphatic rings. The molecule has 0 atom stereocenters. The number of amides is 1. The van der Waals surface area contributed by atoms with E-state index in [0.717, 1.165) is 17.5 Å². The van der Waals surface area contributed by atoms with E-state index in [1.54, 1.807) is 17.2 Å². The number of carbonyl (C=O) groups excluding carboxylic acids is 1. The molecular formula is C27H34N6O3. The molecule has 0 radical (unpaired) electrons. The predicted molar refractivity (Wildman–Crippen MR) is 140 cm³/mol. The maximum atomic E-state index is 12.5. The molecule has 1 aliphatic heterocycles. The second-order valence-corrected chi connectivity index (χ2v) is 9.96. The van der Waals surface area contributed by atoms with Gasteiger partial charge in [-0.15, -0.1) is 0 Å². The highest BCUT2D eigenvalue weighted by molar-refractivity contribution is 5.97. The average Bonchev–Trinajstić information content (AvgIpc) is 3.03. The van der Waals surface area contributed by atoms with Crippen LogP contribution in [0.4, 0.5) is 10.6 Å². The minimum atomic E-state index is -0.531. The minimum absolute atomic E-state index is 0.103. The molecule has 0 fully saturated rings. The van der Waals surface area contributed by atoms with Crippen LogP contribution in [0.3, 0.4) is 0 Å². The number of benzene rings is 1. The number of nitrogens with one attached hydrogen (secondary N) is 1. The summed E-state index contributed by atoms with van der Waals surface area (Å²) >= 11 is 0. The molecule has 3 rings (SSSR count). The number of hydrogen-bond acceptors (Lipinski definition) is 8. The zero-order chi connectivity index (χ0) is 26.5. The summed E-state index contributed by atoms with van der Waals surface area (Å²) in [6, 6.07) is 9.89. The average molecular weight is 491 g/mol. The second-order valence-electron chi connectivity index (χ2n) is 9.96. The summed E-state index contributed by atoms with van der Waals surface area (Å²) in [5, 5.41) is 12.7. The molecule has 190 valence electrons. The number of fused-ring (bicyclic) bond motifs is 1. The number of nitrogens with zero attached hydrogens (tertiary/aromatic N) is 4. The van der Waals surface area contributed by atoms with Crippen LogP contribution in [0.5, 0.6) is 0 Å². The van der Waals surface area contributed by atoms with Crippen molar-refractivity contribution in [1.29, 1.82) is 5.26 Å². The number of ether oxygens (including phenoxy) is 1. The molecule has 9 nitrogen and oxygen atoms in total. The fourth-order valence-corrected chi connectivity index (χ4v) is 3.82. The van der Waals surface area contributed by atoms with Crippen molar-refractivity contribution in [3.63, 3.8) is 0 Å². The zero-order valence-electron chi connectivity index (χ0n) is 21.6. The van der Waals surface area contributed by atoms with Gasteiger partial charge in [-0.25, -0.2) is 14.8 Å². The molecule has 36 heavy (non-hydrogen) atoms. The van der Waals surface area contributed by atoms with Crippen molar-refractivity contribution >= 4 is 23.5 Å². The molecule has 0 aliphatic carbocycles. The number of aliphatic imine (C=N–C) groups is 1. The van der Waals surface area contributed by atoms with Crippen molar-refractivity contribution < 1.29 is 14.4 Å². The molecule has 1 amide bonds. The Morgan fingerprint density at radius 2 is 1.92 bits per heavy atom. The third-order valence-electron chi connectivity index (χ3n) is 5.52. The van der Waals surface area contributed by atoms with Crippen molar-refractivity contribution in [3.8, 4) is 6.07 Å². The fourth-order valence-electron chi connectivity index (χ4n) is 3.82. The Labute approximate surface area is 212 Å². The summed E-state index contributed by atoms with van der Waals surface area (Å²) in [6.07, 6.45) is 2.68. The van der Waals surface area contributed by atoms with Crippen LogP contribution in [0.2, 0.25) is 0 Å². The highest BCUT2D eigenvalue weighted by Gasteiger charge is 2.24. The fraction of sp³-hybridized carbons (Fsp3) is 0.407. The van der Waals surface area contributed by atoms with Gasteiger partial charge in [0.25, 0.3) is 0 Å². The second kappa shape index (κ2) is 11.2. The van der Waals surface area contributed by atoms with E-state index in [1.807, 2.05) is 52.8 Å². The van der Waals surface area contributed by atoms with E-state index >= 15 is 0 Å². The van der Waals surface area contributed by atoms with Gasteiger partial charge in [-0.1, -0.05) is 18.7 Å². The highest BCUT2D eigenvalue weighted by atomic mass is 16.6. The first-order valence-electron chi connectivity index (χ1n) is 11.9. The lowest BCUT2D eigenvalue weighted by molar-refractivity contribution is 0.0258. The first kappa shape index (κ1) is 26.7. The molecule has 0 unspecified atom stereocenters. The van der Waals surface area contributed by atoms with Gasteiger partial charge >= 0.3 is 6.09 Å². The van der Waals surface area contributed by atoms with Crippen LogP contribution in [0.15, 0.2) is 42.0 Å². The molecule has 0 bridgehead atoms. The Morgan fingerprint density at radius 3 is 2.53 bits per heavy atom. The largest absolute Gasteiger partial charge is 0.444 e. The standard InChI is InChI=1S/C27H34N6O3/c1-17(2)31-24-22(15-28)14-23(16-30-24)25(36-29)32-18(3)20-8-7-19-9-11-33(12-10-21(19)13-20)26(34)35-27(4,5)6/h7-8,13-14,16-17H,3,9-12,29H2,1-2,4-6H3,(H,30,31)/b32-25-. The van der Waals surface area contributed by atoms with Crippen LogP contribution in [-0.4, -0.2) is 46.6 Å². The summed E-state index contributed by atoms with van der Waals surface area (Å²) in [4.78, 5) is 28.1. The van der Waals surface area contributed by atoms with E-state index in [2.05, 4.69) is 27.9 Å². The molecule has 3 N–H and O–H groups in total. The molecule has 0 spiro atoms. The quantitative estimate of drug-likeness (QED) is 0.361. The normalized spacial score (nSPS) is 13.9. The maximum absolute atomic E-state index is 12.5. The molecule has 9 heteroatoms. The van der Waals surface area contributed by atoms with Gasteiger partial charge in [-0.3, -0.25) is 0 Å². The van der Waals surface area contributed by atoms with Gasteiger partial charge in [0.2, 0.25) is 5.90 Å². The lowest BCUT2D eigenvalue weighted by Gasteiger charge is -2.26. The van der Waals surface area contributed by atoms with Crippen LogP contribution in [0.1, 0.15) is 62.4 Å². The van der Waals surface area contributed by atoms with Crippen molar-refractivity contribution in [2.75, 3.05) is 18.4 Å². The van der Waals surface area contributed by atoms with Crippen LogP contribution >= 0.6 is 0 Å². The van der Waals surface area contributed by atoms with Gasteiger partial charge in [-0.05, 0) is 76.3 Å². The van der Waals surface area contributed by atoms with Crippen molar-refractivity contribution in [3.05, 3.63) is 64.9 Å². The Bertz CT molecular complexity index is 1210. The van der Waals surface area contributed by atoms with Crippen molar-refractivity contribution in [1.82, 2.24) is 9.88 Å². The van der Waals surface area contributed by atoms with E-state index in [9.17, 15) is 10.1 Å². The lowest BCUT2D eigenvalue weighted by atomic mass is 9.99. The van der Waals surface area contributed by atoms with E-state index in [-0.39, 0.29) is 18.0 Å². The van der Waals surface area contributed by atoms with Crippen molar-refractivity contribution in [2.45, 2.75) is 59.1 Å². The van der Waals surface area contributed by atoms with Gasteiger partial charge in [0.15, 0.2) is 0 Å². The highest BCUT2D eigenvalue weighted by Crippen LogP contribution is 2.24. The summed E-state index contributed by atoms with van der Waals surface area (Å²) < 4.78 is 5.53. The monoisotopic (exact) mass is 490 g/mol. The van der Waals surface area contributed by atoms with E-state index in [1.165, 1.54) is 5.56 Å². The number of aromatic nitrogens is 1. The van der Waals surface area contributed by atoms with E-state index in [4.69, 9.17) is 15.5 Å². The third-order valence-corrected chi connectivity index (χ3v) is 5.52. The number of nitriles is 1. The SMILES string of the molecule is C=C(/N=C(\ON)c1cnc(NC(C)C)c(C#N)c1)c1ccc2c(c1)CCN(C(=O)OC(C)(C)C)CC2. The Balaban J connectivity index is 1.79. The number of anilines is 1. The molecule has 2 heterocycles. The molecule has 1 aromatic heterocycles. The third kappa shape index (κ3) is 6.83. The zero-order valence-corrected chi connectivity index (χ0v) is 21.6. The van der Waals surface area contributed by atoms with Crippen LogP contribution in [0, 0.1) is 11.3 Å². The number of carbonyl (C=O) groups is 1. The molecule has 0 saturated heterocycles. The minimum Gasteiger partial charge on any atom is -0.444 e. The molecule has 0 saturated carbocycles. The number of nitrogens with two attached hydrogens (primary N) is 1. The number of rotatable bonds is 5. The van der Waals surface area contributed by atoms with Gasteiger partial charge < -0.3 is 19.8 Å². The summed E-state index contributed by atoms with van der Waals surface area (Å²) in [5.74, 6) is 6.10. The Hall–Kier alpha value is -3.90. The van der Waals surface area contributed by atoms with E-state index < -0.39 is 5.60 Å². The predicted octanol–water partition coefficient (Wildman–Crippen LogP) is 4.42. The van der Waals surface area contributed by atoms with Crippen molar-refractivity contribution in [2.24, 2.45) is 10.9 Å². The Kier molecular flexibility index (Phi) is 8.33. The number of hydrogen-bond donors (Lipinski definition) is 2. The summed E-state index contributed by atoms with van der Waals surface area (Å²) in [7, 11) is 0. The van der Waals surface area contributed by atoms with Crippen LogP contribution < -0.4 is 11.2 Å². The van der Waals surface area contributed by atoms with Gasteiger partial charge in [0.1, 0.15) is 17.5 Å². The van der Waals surface area contributed by atoms with Gasteiger partial charge in [0.05, 0.1) is 16.8 Å². The summed E-state index contributed by atoms with van der Waals surface area (Å²) in [5.41, 5.74) is 3.85. The summed E-state index contributed by atoms with van der Waals surface area (Å²) in [6.45, 7) is 14.8. The topological polar surface area (TPSA) is 126 Å². The van der Waals surface area contributed by atoms with Crippen LogP contribution in [-0.2, 0) is 22.4 Å². The van der Waals surface area contributed by atoms with E-state index in [0.29, 0.717) is 42.2 Å². The number of pyridine rings is 1. The molecule has 1 aromatic carbocycles. The first-order chi connectivity index (χ1) is 17.0. The molecular weight excluding hydrogens is 456 g/mol. The van der Waals surface area contributed by atoms with Gasteiger partial charge in [0, 0.05) is 25.3 Å². The molecule has 2 aromatic rings.